The van der Waals surface area contributed by atoms with Gasteiger partial charge in [0, 0.05) is 38.1 Å². The number of carbonyl (C=O) groups is 1. The van der Waals surface area contributed by atoms with Crippen LogP contribution in [-0.4, -0.2) is 47.0 Å². The molecule has 1 atom stereocenters. The van der Waals surface area contributed by atoms with Crippen LogP contribution in [0.5, 0.6) is 0 Å². The predicted molar refractivity (Wildman–Crippen MR) is 90.5 cm³/mol. The van der Waals surface area contributed by atoms with Crippen molar-refractivity contribution in [1.29, 1.82) is 0 Å². The molecule has 1 aliphatic rings. The first kappa shape index (κ1) is 15.5. The SMILES string of the molecule is Cc1cnc(C(=O)N(C)C2CCCN(c3ccccc3)C2)cn1. The molecule has 0 bridgehead atoms. The number of amides is 1. The summed E-state index contributed by atoms with van der Waals surface area (Å²) >= 11 is 0. The van der Waals surface area contributed by atoms with Crippen molar-refractivity contribution in [3.63, 3.8) is 0 Å². The quantitative estimate of drug-likeness (QED) is 0.874. The van der Waals surface area contributed by atoms with E-state index in [0.29, 0.717) is 5.69 Å². The normalized spacial score (nSPS) is 17.8. The van der Waals surface area contributed by atoms with Gasteiger partial charge in [-0.15, -0.1) is 0 Å². The van der Waals surface area contributed by atoms with Crippen LogP contribution in [0.2, 0.25) is 0 Å². The molecule has 1 amide bonds. The average molecular weight is 310 g/mol. The lowest BCUT2D eigenvalue weighted by atomic mass is 10.0. The highest BCUT2D eigenvalue weighted by Gasteiger charge is 2.27. The third-order valence-electron chi connectivity index (χ3n) is 4.39. The molecule has 0 radical (unpaired) electrons. The first-order chi connectivity index (χ1) is 11.1. The summed E-state index contributed by atoms with van der Waals surface area (Å²) in [6, 6.07) is 10.6. The third kappa shape index (κ3) is 3.50. The van der Waals surface area contributed by atoms with Crippen molar-refractivity contribution in [1.82, 2.24) is 14.9 Å². The Labute approximate surface area is 137 Å². The van der Waals surface area contributed by atoms with Crippen LogP contribution in [0, 0.1) is 6.92 Å². The van der Waals surface area contributed by atoms with E-state index in [1.54, 1.807) is 12.4 Å². The van der Waals surface area contributed by atoms with Crippen LogP contribution in [0.1, 0.15) is 29.0 Å². The van der Waals surface area contributed by atoms with E-state index in [9.17, 15) is 4.79 Å². The van der Waals surface area contributed by atoms with Gasteiger partial charge in [-0.05, 0) is 31.9 Å². The Kier molecular flexibility index (Phi) is 4.55. The molecule has 0 spiro atoms. The number of anilines is 1. The van der Waals surface area contributed by atoms with Crippen molar-refractivity contribution in [2.75, 3.05) is 25.0 Å². The number of aromatic nitrogens is 2. The number of carbonyl (C=O) groups excluding carboxylic acids is 1. The van der Waals surface area contributed by atoms with Crippen LogP contribution < -0.4 is 4.90 Å². The zero-order valence-electron chi connectivity index (χ0n) is 13.6. The van der Waals surface area contributed by atoms with E-state index in [4.69, 9.17) is 0 Å². The van der Waals surface area contributed by atoms with Crippen LogP contribution in [0.15, 0.2) is 42.7 Å². The minimum absolute atomic E-state index is 0.0580. The van der Waals surface area contributed by atoms with Crippen LogP contribution in [0.3, 0.4) is 0 Å². The number of likely N-dealkylation sites (N-methyl/N-ethyl adjacent to an activating group) is 1. The zero-order chi connectivity index (χ0) is 16.2. The molecule has 23 heavy (non-hydrogen) atoms. The van der Waals surface area contributed by atoms with Crippen molar-refractivity contribution in [3.8, 4) is 0 Å². The molecule has 5 nitrogen and oxygen atoms in total. The summed E-state index contributed by atoms with van der Waals surface area (Å²) in [5.41, 5.74) is 2.44. The molecule has 1 aromatic carbocycles. The molecule has 5 heteroatoms. The van der Waals surface area contributed by atoms with E-state index in [2.05, 4.69) is 39.1 Å². The molecule has 1 aliphatic heterocycles. The maximum Gasteiger partial charge on any atom is 0.274 e. The van der Waals surface area contributed by atoms with E-state index in [1.165, 1.54) is 5.69 Å². The monoisotopic (exact) mass is 310 g/mol. The molecule has 1 aromatic heterocycles. The number of para-hydroxylation sites is 1. The fourth-order valence-corrected chi connectivity index (χ4v) is 2.99. The van der Waals surface area contributed by atoms with Gasteiger partial charge in [-0.1, -0.05) is 18.2 Å². The second kappa shape index (κ2) is 6.77. The highest BCUT2D eigenvalue weighted by atomic mass is 16.2. The number of hydrogen-bond acceptors (Lipinski definition) is 4. The van der Waals surface area contributed by atoms with Gasteiger partial charge in [-0.25, -0.2) is 4.98 Å². The maximum atomic E-state index is 12.6. The second-order valence-electron chi connectivity index (χ2n) is 6.04. The third-order valence-corrected chi connectivity index (χ3v) is 4.39. The van der Waals surface area contributed by atoms with Gasteiger partial charge in [-0.3, -0.25) is 9.78 Å². The lowest BCUT2D eigenvalue weighted by molar-refractivity contribution is 0.0711. The molecule has 1 unspecified atom stereocenters. The summed E-state index contributed by atoms with van der Waals surface area (Å²) in [7, 11) is 1.86. The molecular weight excluding hydrogens is 288 g/mol. The van der Waals surface area contributed by atoms with Crippen molar-refractivity contribution in [3.05, 3.63) is 54.1 Å². The second-order valence-corrected chi connectivity index (χ2v) is 6.04. The summed E-state index contributed by atoms with van der Waals surface area (Å²) in [6.07, 6.45) is 5.30. The highest BCUT2D eigenvalue weighted by Crippen LogP contribution is 2.22. The van der Waals surface area contributed by atoms with Crippen molar-refractivity contribution >= 4 is 11.6 Å². The smallest absolute Gasteiger partial charge is 0.274 e. The minimum atomic E-state index is -0.0580. The summed E-state index contributed by atoms with van der Waals surface area (Å²) in [6.45, 7) is 3.75. The van der Waals surface area contributed by atoms with E-state index in [-0.39, 0.29) is 11.9 Å². The van der Waals surface area contributed by atoms with Gasteiger partial charge in [0.1, 0.15) is 5.69 Å². The van der Waals surface area contributed by atoms with Gasteiger partial charge in [0.05, 0.1) is 11.9 Å². The number of piperidine rings is 1. The first-order valence-electron chi connectivity index (χ1n) is 8.01. The molecule has 0 saturated carbocycles. The van der Waals surface area contributed by atoms with Gasteiger partial charge in [0.15, 0.2) is 0 Å². The van der Waals surface area contributed by atoms with E-state index < -0.39 is 0 Å². The summed E-state index contributed by atoms with van der Waals surface area (Å²) in [4.78, 5) is 25.1. The van der Waals surface area contributed by atoms with Crippen molar-refractivity contribution in [2.24, 2.45) is 0 Å². The number of benzene rings is 1. The number of nitrogens with zero attached hydrogens (tertiary/aromatic N) is 4. The Morgan fingerprint density at radius 3 is 2.70 bits per heavy atom. The molecule has 2 heterocycles. The Bertz CT molecular complexity index is 656. The summed E-state index contributed by atoms with van der Waals surface area (Å²) in [5.74, 6) is -0.0580. The standard InChI is InChI=1S/C18H22N4O/c1-14-11-20-17(12-19-14)18(23)21(2)16-9-6-10-22(13-16)15-7-4-3-5-8-15/h3-5,7-8,11-12,16H,6,9-10,13H2,1-2H3. The van der Waals surface area contributed by atoms with Crippen LogP contribution >= 0.6 is 0 Å². The molecule has 120 valence electrons. The summed E-state index contributed by atoms with van der Waals surface area (Å²) in [5, 5.41) is 0. The van der Waals surface area contributed by atoms with Gasteiger partial charge in [0.2, 0.25) is 0 Å². The van der Waals surface area contributed by atoms with Crippen LogP contribution in [0.25, 0.3) is 0 Å². The van der Waals surface area contributed by atoms with Gasteiger partial charge in [0.25, 0.3) is 5.91 Å². The Morgan fingerprint density at radius 2 is 2.00 bits per heavy atom. The van der Waals surface area contributed by atoms with Gasteiger partial charge >= 0.3 is 0 Å². The largest absolute Gasteiger partial charge is 0.369 e. The molecule has 0 N–H and O–H groups in total. The van der Waals surface area contributed by atoms with E-state index in [1.807, 2.05) is 24.9 Å². The molecule has 2 aromatic rings. The lowest BCUT2D eigenvalue weighted by Gasteiger charge is -2.38. The molecular formula is C18H22N4O. The fourth-order valence-electron chi connectivity index (χ4n) is 2.99. The highest BCUT2D eigenvalue weighted by molar-refractivity contribution is 5.92. The fraction of sp³-hybridized carbons (Fsp3) is 0.389. The number of rotatable bonds is 3. The van der Waals surface area contributed by atoms with Crippen LogP contribution in [0.4, 0.5) is 5.69 Å². The van der Waals surface area contributed by atoms with Crippen molar-refractivity contribution in [2.45, 2.75) is 25.8 Å². The number of hydrogen-bond donors (Lipinski definition) is 0. The topological polar surface area (TPSA) is 49.3 Å². The van der Waals surface area contributed by atoms with Crippen LogP contribution in [-0.2, 0) is 0 Å². The molecule has 1 saturated heterocycles. The molecule has 3 rings (SSSR count). The number of aryl methyl sites for hydroxylation is 1. The van der Waals surface area contributed by atoms with E-state index >= 15 is 0 Å². The van der Waals surface area contributed by atoms with Crippen molar-refractivity contribution < 1.29 is 4.79 Å². The lowest BCUT2D eigenvalue weighted by Crippen LogP contribution is -2.48. The Balaban J connectivity index is 1.70. The predicted octanol–water partition coefficient (Wildman–Crippen LogP) is 2.53. The Hall–Kier alpha value is -2.43. The molecule has 1 fully saturated rings. The average Bonchev–Trinajstić information content (AvgIpc) is 2.62. The van der Waals surface area contributed by atoms with Gasteiger partial charge in [-0.2, -0.15) is 0 Å². The van der Waals surface area contributed by atoms with Gasteiger partial charge < -0.3 is 9.80 Å². The first-order valence-corrected chi connectivity index (χ1v) is 8.01. The Morgan fingerprint density at radius 1 is 1.22 bits per heavy atom. The minimum Gasteiger partial charge on any atom is -0.369 e. The zero-order valence-corrected chi connectivity index (χ0v) is 13.6. The van der Waals surface area contributed by atoms with E-state index in [0.717, 1.165) is 31.6 Å². The molecule has 0 aliphatic carbocycles. The summed E-state index contributed by atoms with van der Waals surface area (Å²) < 4.78 is 0. The maximum absolute atomic E-state index is 12.6.